The van der Waals surface area contributed by atoms with E-state index in [4.69, 9.17) is 16.3 Å². The standard InChI is InChI=1S/C14H11ClN2O/c1-18-12-4-2-3-10(7-12)13-9-17-6-5-11(15)8-14(17)16-13/h2-9H,1H3. The Labute approximate surface area is 110 Å². The zero-order valence-electron chi connectivity index (χ0n) is 9.80. The third-order valence-corrected chi connectivity index (χ3v) is 3.02. The summed E-state index contributed by atoms with van der Waals surface area (Å²) in [5.41, 5.74) is 2.76. The monoisotopic (exact) mass is 258 g/mol. The van der Waals surface area contributed by atoms with E-state index in [0.29, 0.717) is 5.02 Å². The summed E-state index contributed by atoms with van der Waals surface area (Å²) in [5.74, 6) is 0.822. The first-order chi connectivity index (χ1) is 8.76. The van der Waals surface area contributed by atoms with Gasteiger partial charge < -0.3 is 9.14 Å². The zero-order valence-corrected chi connectivity index (χ0v) is 10.6. The summed E-state index contributed by atoms with van der Waals surface area (Å²) >= 11 is 5.95. The van der Waals surface area contributed by atoms with Crippen LogP contribution in [0.1, 0.15) is 0 Å². The molecule has 0 radical (unpaired) electrons. The van der Waals surface area contributed by atoms with Crippen LogP contribution in [0.5, 0.6) is 5.75 Å². The minimum atomic E-state index is 0.685. The van der Waals surface area contributed by atoms with Gasteiger partial charge in [0.25, 0.3) is 0 Å². The van der Waals surface area contributed by atoms with Crippen molar-refractivity contribution in [1.82, 2.24) is 9.38 Å². The van der Waals surface area contributed by atoms with Gasteiger partial charge in [-0.1, -0.05) is 23.7 Å². The van der Waals surface area contributed by atoms with Crippen molar-refractivity contribution in [2.75, 3.05) is 7.11 Å². The Kier molecular flexibility index (Phi) is 2.68. The number of nitrogens with zero attached hydrogens (tertiary/aromatic N) is 2. The smallest absolute Gasteiger partial charge is 0.138 e. The Morgan fingerprint density at radius 1 is 1.22 bits per heavy atom. The second kappa shape index (κ2) is 4.35. The lowest BCUT2D eigenvalue weighted by atomic mass is 10.1. The van der Waals surface area contributed by atoms with Crippen LogP contribution in [0.2, 0.25) is 5.02 Å². The van der Waals surface area contributed by atoms with Crippen molar-refractivity contribution in [3.05, 3.63) is 53.8 Å². The van der Waals surface area contributed by atoms with Crippen LogP contribution in [0.3, 0.4) is 0 Å². The van der Waals surface area contributed by atoms with Crippen LogP contribution in [-0.2, 0) is 0 Å². The molecule has 0 atom stereocenters. The quantitative estimate of drug-likeness (QED) is 0.701. The molecule has 0 aliphatic carbocycles. The number of hydrogen-bond donors (Lipinski definition) is 0. The fraction of sp³-hybridized carbons (Fsp3) is 0.0714. The Morgan fingerprint density at radius 3 is 2.94 bits per heavy atom. The molecule has 3 nitrogen and oxygen atoms in total. The molecule has 0 saturated carbocycles. The summed E-state index contributed by atoms with van der Waals surface area (Å²) in [6, 6.07) is 11.5. The molecule has 0 aliphatic rings. The number of fused-ring (bicyclic) bond motifs is 1. The van der Waals surface area contributed by atoms with E-state index in [1.54, 1.807) is 7.11 Å². The van der Waals surface area contributed by atoms with Gasteiger partial charge in [-0.3, -0.25) is 0 Å². The van der Waals surface area contributed by atoms with Gasteiger partial charge in [-0.05, 0) is 18.2 Å². The lowest BCUT2D eigenvalue weighted by molar-refractivity contribution is 0.415. The minimum Gasteiger partial charge on any atom is -0.497 e. The molecular weight excluding hydrogens is 248 g/mol. The van der Waals surface area contributed by atoms with E-state index in [1.807, 2.05) is 53.2 Å². The van der Waals surface area contributed by atoms with Gasteiger partial charge in [0.05, 0.1) is 12.8 Å². The average Bonchev–Trinajstić information content (AvgIpc) is 2.81. The van der Waals surface area contributed by atoms with Crippen LogP contribution in [0, 0.1) is 0 Å². The molecule has 18 heavy (non-hydrogen) atoms. The second-order valence-corrected chi connectivity index (χ2v) is 4.40. The molecule has 0 saturated heterocycles. The molecule has 0 unspecified atom stereocenters. The highest BCUT2D eigenvalue weighted by Crippen LogP contribution is 2.24. The second-order valence-electron chi connectivity index (χ2n) is 3.97. The number of benzene rings is 1. The lowest BCUT2D eigenvalue weighted by Crippen LogP contribution is -1.83. The van der Waals surface area contributed by atoms with Crippen molar-refractivity contribution in [1.29, 1.82) is 0 Å². The van der Waals surface area contributed by atoms with E-state index in [1.165, 1.54) is 0 Å². The highest BCUT2D eigenvalue weighted by Gasteiger charge is 2.05. The van der Waals surface area contributed by atoms with Crippen molar-refractivity contribution in [3.8, 4) is 17.0 Å². The summed E-state index contributed by atoms with van der Waals surface area (Å²) in [5, 5.41) is 0.685. The first-order valence-corrected chi connectivity index (χ1v) is 5.93. The number of ether oxygens (including phenoxy) is 1. The van der Waals surface area contributed by atoms with E-state index in [9.17, 15) is 0 Å². The fourth-order valence-corrected chi connectivity index (χ4v) is 2.03. The van der Waals surface area contributed by atoms with Crippen molar-refractivity contribution in [3.63, 3.8) is 0 Å². The van der Waals surface area contributed by atoms with E-state index < -0.39 is 0 Å². The number of hydrogen-bond acceptors (Lipinski definition) is 2. The van der Waals surface area contributed by atoms with Gasteiger partial charge >= 0.3 is 0 Å². The van der Waals surface area contributed by atoms with Crippen molar-refractivity contribution < 1.29 is 4.74 Å². The summed E-state index contributed by atoms with van der Waals surface area (Å²) < 4.78 is 7.16. The molecule has 1 aromatic carbocycles. The molecule has 0 fully saturated rings. The first kappa shape index (κ1) is 11.1. The van der Waals surface area contributed by atoms with E-state index in [0.717, 1.165) is 22.7 Å². The largest absolute Gasteiger partial charge is 0.497 e. The summed E-state index contributed by atoms with van der Waals surface area (Å²) in [6.07, 6.45) is 3.87. The highest BCUT2D eigenvalue weighted by molar-refractivity contribution is 6.30. The van der Waals surface area contributed by atoms with Gasteiger partial charge in [-0.2, -0.15) is 0 Å². The van der Waals surface area contributed by atoms with Crippen LogP contribution in [-0.4, -0.2) is 16.5 Å². The summed E-state index contributed by atoms with van der Waals surface area (Å²) in [6.45, 7) is 0. The molecule has 90 valence electrons. The van der Waals surface area contributed by atoms with Gasteiger partial charge in [0, 0.05) is 29.0 Å². The summed E-state index contributed by atoms with van der Waals surface area (Å²) in [7, 11) is 1.66. The normalized spacial score (nSPS) is 10.8. The number of halogens is 1. The number of imidazole rings is 1. The highest BCUT2D eigenvalue weighted by atomic mass is 35.5. The van der Waals surface area contributed by atoms with E-state index >= 15 is 0 Å². The molecule has 2 aromatic heterocycles. The minimum absolute atomic E-state index is 0.685. The van der Waals surface area contributed by atoms with Gasteiger partial charge in [-0.15, -0.1) is 0 Å². The van der Waals surface area contributed by atoms with Crippen LogP contribution >= 0.6 is 11.6 Å². The molecule has 0 bridgehead atoms. The van der Waals surface area contributed by atoms with Crippen molar-refractivity contribution in [2.24, 2.45) is 0 Å². The number of aromatic nitrogens is 2. The van der Waals surface area contributed by atoms with Crippen LogP contribution < -0.4 is 4.74 Å². The molecule has 2 heterocycles. The Hall–Kier alpha value is -2.00. The predicted octanol–water partition coefficient (Wildman–Crippen LogP) is 3.66. The molecule has 3 rings (SSSR count). The number of methoxy groups -OCH3 is 1. The zero-order chi connectivity index (χ0) is 12.5. The molecule has 0 N–H and O–H groups in total. The fourth-order valence-electron chi connectivity index (χ4n) is 1.88. The van der Waals surface area contributed by atoms with E-state index in [2.05, 4.69) is 4.98 Å². The average molecular weight is 259 g/mol. The topological polar surface area (TPSA) is 26.5 Å². The van der Waals surface area contributed by atoms with Gasteiger partial charge in [0.1, 0.15) is 11.4 Å². The number of pyridine rings is 1. The lowest BCUT2D eigenvalue weighted by Gasteiger charge is -2.00. The van der Waals surface area contributed by atoms with E-state index in [-0.39, 0.29) is 0 Å². The molecule has 0 amide bonds. The molecule has 0 aliphatic heterocycles. The molecular formula is C14H11ClN2O. The SMILES string of the molecule is COc1cccc(-c2cn3ccc(Cl)cc3n2)c1. The maximum Gasteiger partial charge on any atom is 0.138 e. The Bertz CT molecular complexity index is 706. The maximum atomic E-state index is 5.95. The van der Waals surface area contributed by atoms with Crippen LogP contribution in [0.15, 0.2) is 48.8 Å². The van der Waals surface area contributed by atoms with Crippen molar-refractivity contribution in [2.45, 2.75) is 0 Å². The predicted molar refractivity (Wildman–Crippen MR) is 72.2 cm³/mol. The number of rotatable bonds is 2. The maximum absolute atomic E-state index is 5.95. The van der Waals surface area contributed by atoms with Crippen LogP contribution in [0.4, 0.5) is 0 Å². The summed E-state index contributed by atoms with van der Waals surface area (Å²) in [4.78, 5) is 4.54. The molecule has 0 spiro atoms. The third-order valence-electron chi connectivity index (χ3n) is 2.79. The van der Waals surface area contributed by atoms with Gasteiger partial charge in [-0.25, -0.2) is 4.98 Å². The molecule has 4 heteroatoms. The molecule has 3 aromatic rings. The third kappa shape index (κ3) is 1.93. The van der Waals surface area contributed by atoms with Crippen molar-refractivity contribution >= 4 is 17.2 Å². The first-order valence-electron chi connectivity index (χ1n) is 5.55. The Morgan fingerprint density at radius 2 is 2.11 bits per heavy atom. The van der Waals surface area contributed by atoms with Crippen LogP contribution in [0.25, 0.3) is 16.9 Å². The van der Waals surface area contributed by atoms with Gasteiger partial charge in [0.2, 0.25) is 0 Å². The van der Waals surface area contributed by atoms with Gasteiger partial charge in [0.15, 0.2) is 0 Å². The Balaban J connectivity index is 2.13.